The summed E-state index contributed by atoms with van der Waals surface area (Å²) in [6.45, 7) is 18.4. The van der Waals surface area contributed by atoms with E-state index in [-0.39, 0.29) is 11.1 Å². The Morgan fingerprint density at radius 2 is 1.62 bits per heavy atom. The Bertz CT molecular complexity index is 334. The van der Waals surface area contributed by atoms with Gasteiger partial charge in [0.2, 0.25) is 0 Å². The first-order valence-electron chi connectivity index (χ1n) is 8.50. The molecule has 0 aromatic rings. The SMILES string of the molecule is CC[Si](CC)(CC)O[C]1C=C[C@@H](O[Si](C)(C)C(C)(C)C)C1. The van der Waals surface area contributed by atoms with Crippen LogP contribution in [-0.4, -0.2) is 22.7 Å². The molecule has 0 amide bonds. The summed E-state index contributed by atoms with van der Waals surface area (Å²) in [5, 5.41) is 0.263. The van der Waals surface area contributed by atoms with Gasteiger partial charge in [0, 0.05) is 6.42 Å². The highest BCUT2D eigenvalue weighted by atomic mass is 28.4. The fourth-order valence-electron chi connectivity index (χ4n) is 2.51. The molecule has 0 spiro atoms. The molecule has 1 aliphatic carbocycles. The van der Waals surface area contributed by atoms with E-state index >= 15 is 0 Å². The molecule has 1 rings (SSSR count). The standard InChI is InChI=1S/C17H35O2Si2/c1-9-21(10-2,11-3)19-16-13-12-15(14-16)18-20(7,8)17(4,5)6/h12-13,15H,9-11,14H2,1-8H3/t15-/m1/s1. The lowest BCUT2D eigenvalue weighted by atomic mass is 10.2. The van der Waals surface area contributed by atoms with Crippen LogP contribution < -0.4 is 0 Å². The molecule has 0 aromatic carbocycles. The maximum Gasteiger partial charge on any atom is 0.193 e. The van der Waals surface area contributed by atoms with Crippen molar-refractivity contribution in [2.24, 2.45) is 0 Å². The Hall–Kier alpha value is 0.0938. The van der Waals surface area contributed by atoms with Gasteiger partial charge in [0.15, 0.2) is 16.6 Å². The van der Waals surface area contributed by atoms with Crippen molar-refractivity contribution in [3.05, 3.63) is 18.3 Å². The summed E-state index contributed by atoms with van der Waals surface area (Å²) in [4.78, 5) is 0. The molecule has 0 aromatic heterocycles. The van der Waals surface area contributed by atoms with Gasteiger partial charge in [0.05, 0.1) is 6.10 Å². The zero-order valence-electron chi connectivity index (χ0n) is 15.4. The van der Waals surface area contributed by atoms with Crippen LogP contribution in [0.1, 0.15) is 48.0 Å². The van der Waals surface area contributed by atoms with Crippen molar-refractivity contribution in [1.29, 1.82) is 0 Å². The van der Waals surface area contributed by atoms with E-state index in [0.29, 0.717) is 0 Å². The summed E-state index contributed by atoms with van der Waals surface area (Å²) in [6.07, 6.45) is 6.69. The van der Waals surface area contributed by atoms with Crippen molar-refractivity contribution in [1.82, 2.24) is 0 Å². The van der Waals surface area contributed by atoms with Gasteiger partial charge in [-0.15, -0.1) is 0 Å². The summed E-state index contributed by atoms with van der Waals surface area (Å²) in [5.74, 6) is 0. The lowest BCUT2D eigenvalue weighted by Gasteiger charge is -2.38. The molecule has 0 saturated heterocycles. The predicted molar refractivity (Wildman–Crippen MR) is 97.4 cm³/mol. The van der Waals surface area contributed by atoms with Gasteiger partial charge in [-0.25, -0.2) is 0 Å². The van der Waals surface area contributed by atoms with Crippen molar-refractivity contribution in [2.75, 3.05) is 0 Å². The summed E-state index contributed by atoms with van der Waals surface area (Å²) in [5.41, 5.74) is 0. The Morgan fingerprint density at radius 3 is 2.05 bits per heavy atom. The second kappa shape index (κ2) is 7.11. The van der Waals surface area contributed by atoms with Gasteiger partial charge in [-0.05, 0) is 36.3 Å². The van der Waals surface area contributed by atoms with E-state index < -0.39 is 16.6 Å². The predicted octanol–water partition coefficient (Wildman–Crippen LogP) is 5.89. The first kappa shape index (κ1) is 19.1. The molecule has 1 atom stereocenters. The topological polar surface area (TPSA) is 18.5 Å². The van der Waals surface area contributed by atoms with Gasteiger partial charge in [-0.3, -0.25) is 0 Å². The van der Waals surface area contributed by atoms with Crippen molar-refractivity contribution in [3.63, 3.8) is 0 Å². The van der Waals surface area contributed by atoms with Crippen molar-refractivity contribution in [2.45, 2.75) is 90.3 Å². The molecule has 0 saturated carbocycles. The average molecular weight is 328 g/mol. The van der Waals surface area contributed by atoms with Crippen LogP contribution in [0.3, 0.4) is 0 Å². The Balaban J connectivity index is 2.60. The van der Waals surface area contributed by atoms with Crippen LogP contribution >= 0.6 is 0 Å². The molecule has 1 aliphatic rings. The minimum atomic E-state index is -1.69. The molecular weight excluding hydrogens is 292 g/mol. The zero-order chi connectivity index (χ0) is 16.3. The molecule has 0 aliphatic heterocycles. The molecule has 0 fully saturated rings. The van der Waals surface area contributed by atoms with Crippen molar-refractivity contribution >= 4 is 16.6 Å². The van der Waals surface area contributed by atoms with E-state index in [2.05, 4.69) is 66.8 Å². The molecule has 2 nitrogen and oxygen atoms in total. The molecular formula is C17H35O2Si2. The van der Waals surface area contributed by atoms with Gasteiger partial charge in [-0.2, -0.15) is 0 Å². The summed E-state index contributed by atoms with van der Waals surface area (Å²) in [6, 6.07) is 3.60. The monoisotopic (exact) mass is 327 g/mol. The van der Waals surface area contributed by atoms with E-state index in [1.807, 2.05) is 0 Å². The van der Waals surface area contributed by atoms with E-state index in [0.717, 1.165) is 12.5 Å². The zero-order valence-corrected chi connectivity index (χ0v) is 17.4. The largest absolute Gasteiger partial charge is 0.410 e. The smallest absolute Gasteiger partial charge is 0.193 e. The van der Waals surface area contributed by atoms with Crippen LogP contribution in [0.25, 0.3) is 0 Å². The third-order valence-electron chi connectivity index (χ3n) is 5.43. The second-order valence-corrected chi connectivity index (χ2v) is 17.2. The van der Waals surface area contributed by atoms with Crippen LogP contribution in [0.4, 0.5) is 0 Å². The van der Waals surface area contributed by atoms with Gasteiger partial charge >= 0.3 is 0 Å². The molecule has 123 valence electrons. The Kier molecular flexibility index (Phi) is 6.48. The van der Waals surface area contributed by atoms with E-state index in [9.17, 15) is 0 Å². The van der Waals surface area contributed by atoms with E-state index in [1.54, 1.807) is 0 Å². The second-order valence-electron chi connectivity index (χ2n) is 7.79. The average Bonchev–Trinajstić information content (AvgIpc) is 2.81. The minimum Gasteiger partial charge on any atom is -0.410 e. The quantitative estimate of drug-likeness (QED) is 0.543. The van der Waals surface area contributed by atoms with Crippen molar-refractivity contribution < 1.29 is 8.85 Å². The van der Waals surface area contributed by atoms with Crippen molar-refractivity contribution in [3.8, 4) is 0 Å². The molecule has 0 heterocycles. The molecule has 21 heavy (non-hydrogen) atoms. The lowest BCUT2D eigenvalue weighted by Crippen LogP contribution is -2.43. The Labute approximate surface area is 134 Å². The summed E-state index contributed by atoms with van der Waals surface area (Å²) < 4.78 is 13.0. The number of hydrogen-bond acceptors (Lipinski definition) is 2. The minimum absolute atomic E-state index is 0.221. The molecule has 4 heteroatoms. The van der Waals surface area contributed by atoms with Crippen LogP contribution in [0.2, 0.25) is 36.3 Å². The van der Waals surface area contributed by atoms with Crippen LogP contribution in [0, 0.1) is 6.10 Å². The van der Waals surface area contributed by atoms with Gasteiger partial charge < -0.3 is 8.85 Å². The molecule has 0 N–H and O–H groups in total. The highest BCUT2D eigenvalue weighted by molar-refractivity contribution is 6.74. The van der Waals surface area contributed by atoms with Gasteiger partial charge in [0.1, 0.15) is 6.10 Å². The summed E-state index contributed by atoms with van der Waals surface area (Å²) >= 11 is 0. The van der Waals surface area contributed by atoms with Crippen LogP contribution in [0.5, 0.6) is 0 Å². The summed E-state index contributed by atoms with van der Waals surface area (Å²) in [7, 11) is -3.23. The molecule has 0 bridgehead atoms. The molecule has 1 radical (unpaired) electrons. The highest BCUT2D eigenvalue weighted by Crippen LogP contribution is 2.40. The van der Waals surface area contributed by atoms with Gasteiger partial charge in [0.25, 0.3) is 0 Å². The maximum atomic E-state index is 6.48. The van der Waals surface area contributed by atoms with E-state index in [1.165, 1.54) is 18.1 Å². The van der Waals surface area contributed by atoms with Gasteiger partial charge in [-0.1, -0.05) is 53.7 Å². The Morgan fingerprint density at radius 1 is 1.10 bits per heavy atom. The van der Waals surface area contributed by atoms with Crippen LogP contribution in [0.15, 0.2) is 12.2 Å². The fourth-order valence-corrected chi connectivity index (χ4v) is 6.42. The molecule has 0 unspecified atom stereocenters. The fraction of sp³-hybridized carbons (Fsp3) is 0.824. The first-order valence-corrected chi connectivity index (χ1v) is 13.9. The number of rotatable bonds is 7. The van der Waals surface area contributed by atoms with E-state index in [4.69, 9.17) is 8.85 Å². The normalized spacial score (nSPS) is 21.2. The first-order chi connectivity index (χ1) is 9.59. The highest BCUT2D eigenvalue weighted by Gasteiger charge is 2.41. The van der Waals surface area contributed by atoms with Crippen LogP contribution in [-0.2, 0) is 8.85 Å². The number of hydrogen-bond donors (Lipinski definition) is 0. The lowest BCUT2D eigenvalue weighted by molar-refractivity contribution is 0.203. The maximum absolute atomic E-state index is 6.48. The third-order valence-corrected chi connectivity index (χ3v) is 14.5. The third kappa shape index (κ3) is 4.78.